The van der Waals surface area contributed by atoms with Crippen molar-refractivity contribution in [3.05, 3.63) is 53.9 Å². The molecule has 2 amide bonds. The molecule has 0 radical (unpaired) electrons. The summed E-state index contributed by atoms with van der Waals surface area (Å²) < 4.78 is 5.00. The third-order valence-electron chi connectivity index (χ3n) is 4.65. The number of nitrogens with zero attached hydrogens (tertiary/aromatic N) is 3. The van der Waals surface area contributed by atoms with Crippen molar-refractivity contribution in [1.29, 1.82) is 5.26 Å². The maximum absolute atomic E-state index is 12.4. The van der Waals surface area contributed by atoms with Gasteiger partial charge in [0.25, 0.3) is 5.91 Å². The molecule has 2 aromatic rings. The normalized spacial score (nSPS) is 14.0. The molecule has 1 aliphatic rings. The van der Waals surface area contributed by atoms with Crippen LogP contribution < -0.4 is 10.6 Å². The Morgan fingerprint density at radius 3 is 2.45 bits per heavy atom. The molecule has 1 aliphatic heterocycles. The number of rotatable bonds is 5. The van der Waals surface area contributed by atoms with E-state index in [4.69, 9.17) is 10.00 Å². The number of nitriles is 1. The van der Waals surface area contributed by atoms with Crippen molar-refractivity contribution in [3.8, 4) is 6.07 Å². The van der Waals surface area contributed by atoms with E-state index < -0.39 is 0 Å². The summed E-state index contributed by atoms with van der Waals surface area (Å²) in [5.74, 6) is -0.232. The van der Waals surface area contributed by atoms with Crippen LogP contribution in [0.5, 0.6) is 0 Å². The second-order valence-corrected chi connectivity index (χ2v) is 6.68. The zero-order valence-electron chi connectivity index (χ0n) is 16.2. The molecule has 0 unspecified atom stereocenters. The summed E-state index contributed by atoms with van der Waals surface area (Å²) in [6.07, 6.45) is 2.66. The molecule has 0 spiro atoms. The number of ether oxygens (including phenoxy) is 1. The Labute approximate surface area is 169 Å². The minimum absolute atomic E-state index is 0.00595. The topological polar surface area (TPSA) is 107 Å². The standard InChI is InChI=1S/C21H23N5O3/c1-2-29-21(28)26-11-9-17(10-12-26)25-20(27)19-8-7-18(14-23-19)24-16-5-3-15(13-22)4-6-16/h3-8,14,17,24H,2,9-12H2,1H3,(H,25,27). The van der Waals surface area contributed by atoms with Gasteiger partial charge in [-0.05, 0) is 56.2 Å². The van der Waals surface area contributed by atoms with Crippen molar-refractivity contribution in [2.45, 2.75) is 25.8 Å². The Hall–Kier alpha value is -3.60. The Kier molecular flexibility index (Phi) is 6.63. The fourth-order valence-electron chi connectivity index (χ4n) is 3.08. The molecule has 1 saturated heterocycles. The third kappa shape index (κ3) is 5.45. The van der Waals surface area contributed by atoms with E-state index in [1.807, 2.05) is 12.1 Å². The van der Waals surface area contributed by atoms with Gasteiger partial charge >= 0.3 is 6.09 Å². The van der Waals surface area contributed by atoms with E-state index in [1.54, 1.807) is 42.3 Å². The molecule has 8 nitrogen and oxygen atoms in total. The number of piperidine rings is 1. The lowest BCUT2D eigenvalue weighted by Crippen LogP contribution is -2.46. The Morgan fingerprint density at radius 2 is 1.86 bits per heavy atom. The van der Waals surface area contributed by atoms with Gasteiger partial charge in [0.05, 0.1) is 30.1 Å². The van der Waals surface area contributed by atoms with Gasteiger partial charge in [-0.2, -0.15) is 5.26 Å². The first-order chi connectivity index (χ1) is 14.1. The smallest absolute Gasteiger partial charge is 0.409 e. The number of carbonyl (C=O) groups is 2. The minimum atomic E-state index is -0.302. The number of anilines is 2. The molecule has 29 heavy (non-hydrogen) atoms. The van der Waals surface area contributed by atoms with Gasteiger partial charge in [-0.1, -0.05) is 0 Å². The lowest BCUT2D eigenvalue weighted by Gasteiger charge is -2.31. The molecular formula is C21H23N5O3. The Morgan fingerprint density at radius 1 is 1.17 bits per heavy atom. The van der Waals surface area contributed by atoms with E-state index in [9.17, 15) is 9.59 Å². The average molecular weight is 393 g/mol. The maximum atomic E-state index is 12.4. The Bertz CT molecular complexity index is 882. The van der Waals surface area contributed by atoms with Gasteiger partial charge in [-0.3, -0.25) is 4.79 Å². The number of hydrogen-bond donors (Lipinski definition) is 2. The van der Waals surface area contributed by atoms with Crippen LogP contribution in [0.1, 0.15) is 35.8 Å². The van der Waals surface area contributed by atoms with Crippen LogP contribution in [0.25, 0.3) is 0 Å². The largest absolute Gasteiger partial charge is 0.450 e. The van der Waals surface area contributed by atoms with Crippen LogP contribution in [0.4, 0.5) is 16.2 Å². The van der Waals surface area contributed by atoms with Crippen molar-refractivity contribution < 1.29 is 14.3 Å². The van der Waals surface area contributed by atoms with Crippen molar-refractivity contribution in [1.82, 2.24) is 15.2 Å². The number of likely N-dealkylation sites (tertiary alicyclic amines) is 1. The fourth-order valence-corrected chi connectivity index (χ4v) is 3.08. The van der Waals surface area contributed by atoms with Gasteiger partial charge in [0.15, 0.2) is 0 Å². The first-order valence-corrected chi connectivity index (χ1v) is 9.55. The van der Waals surface area contributed by atoms with E-state index in [-0.39, 0.29) is 18.0 Å². The quantitative estimate of drug-likeness (QED) is 0.808. The minimum Gasteiger partial charge on any atom is -0.450 e. The van der Waals surface area contributed by atoms with Gasteiger partial charge in [0.1, 0.15) is 5.69 Å². The summed E-state index contributed by atoms with van der Waals surface area (Å²) in [5.41, 5.74) is 2.50. The number of benzene rings is 1. The highest BCUT2D eigenvalue weighted by Gasteiger charge is 2.25. The van der Waals surface area contributed by atoms with E-state index in [2.05, 4.69) is 21.7 Å². The molecule has 1 aromatic carbocycles. The number of amides is 2. The lowest BCUT2D eigenvalue weighted by molar-refractivity contribution is 0.0856. The summed E-state index contributed by atoms with van der Waals surface area (Å²) >= 11 is 0. The average Bonchev–Trinajstić information content (AvgIpc) is 2.75. The highest BCUT2D eigenvalue weighted by molar-refractivity contribution is 5.92. The van der Waals surface area contributed by atoms with Crippen LogP contribution in [-0.4, -0.2) is 47.6 Å². The SMILES string of the molecule is CCOC(=O)N1CCC(NC(=O)c2ccc(Nc3ccc(C#N)cc3)cn2)CC1. The molecule has 0 aliphatic carbocycles. The molecular weight excluding hydrogens is 370 g/mol. The number of aromatic nitrogens is 1. The molecule has 1 aromatic heterocycles. The summed E-state index contributed by atoms with van der Waals surface area (Å²) in [6.45, 7) is 3.26. The van der Waals surface area contributed by atoms with E-state index >= 15 is 0 Å². The van der Waals surface area contributed by atoms with Crippen LogP contribution in [0.3, 0.4) is 0 Å². The van der Waals surface area contributed by atoms with Crippen molar-refractivity contribution >= 4 is 23.4 Å². The van der Waals surface area contributed by atoms with Crippen LogP contribution >= 0.6 is 0 Å². The molecule has 0 saturated carbocycles. The van der Waals surface area contributed by atoms with Gasteiger partial charge in [-0.15, -0.1) is 0 Å². The zero-order chi connectivity index (χ0) is 20.6. The van der Waals surface area contributed by atoms with E-state index in [1.165, 1.54) is 0 Å². The van der Waals surface area contributed by atoms with Crippen LogP contribution in [0.15, 0.2) is 42.6 Å². The van der Waals surface area contributed by atoms with Crippen LogP contribution in [0, 0.1) is 11.3 Å². The highest BCUT2D eigenvalue weighted by atomic mass is 16.6. The monoisotopic (exact) mass is 393 g/mol. The van der Waals surface area contributed by atoms with E-state index in [0.29, 0.717) is 43.8 Å². The highest BCUT2D eigenvalue weighted by Crippen LogP contribution is 2.17. The van der Waals surface area contributed by atoms with Gasteiger partial charge in [0.2, 0.25) is 0 Å². The van der Waals surface area contributed by atoms with Gasteiger partial charge in [-0.25, -0.2) is 9.78 Å². The second-order valence-electron chi connectivity index (χ2n) is 6.68. The molecule has 2 N–H and O–H groups in total. The van der Waals surface area contributed by atoms with Crippen molar-refractivity contribution in [3.63, 3.8) is 0 Å². The third-order valence-corrected chi connectivity index (χ3v) is 4.65. The molecule has 1 fully saturated rings. The first-order valence-electron chi connectivity index (χ1n) is 9.55. The number of carbonyl (C=O) groups excluding carboxylic acids is 2. The molecule has 8 heteroatoms. The van der Waals surface area contributed by atoms with Crippen molar-refractivity contribution in [2.75, 3.05) is 25.0 Å². The number of nitrogens with one attached hydrogen (secondary N) is 2. The van der Waals surface area contributed by atoms with Crippen molar-refractivity contribution in [2.24, 2.45) is 0 Å². The Balaban J connectivity index is 1.50. The zero-order valence-corrected chi connectivity index (χ0v) is 16.2. The summed E-state index contributed by atoms with van der Waals surface area (Å²) in [4.78, 5) is 30.1. The predicted octanol–water partition coefficient (Wildman–Crippen LogP) is 3.05. The summed E-state index contributed by atoms with van der Waals surface area (Å²) in [7, 11) is 0. The van der Waals surface area contributed by atoms with E-state index in [0.717, 1.165) is 11.4 Å². The lowest BCUT2D eigenvalue weighted by atomic mass is 10.1. The van der Waals surface area contributed by atoms with Gasteiger partial charge in [0, 0.05) is 24.8 Å². The molecule has 0 atom stereocenters. The predicted molar refractivity (Wildman–Crippen MR) is 108 cm³/mol. The summed E-state index contributed by atoms with van der Waals surface area (Å²) in [6, 6.07) is 12.6. The van der Waals surface area contributed by atoms with Gasteiger partial charge < -0.3 is 20.3 Å². The summed E-state index contributed by atoms with van der Waals surface area (Å²) in [5, 5.41) is 15.0. The number of pyridine rings is 1. The molecule has 2 heterocycles. The first kappa shape index (κ1) is 20.1. The van der Waals surface area contributed by atoms with Crippen LogP contribution in [0.2, 0.25) is 0 Å². The molecule has 3 rings (SSSR count). The fraction of sp³-hybridized carbons (Fsp3) is 0.333. The van der Waals surface area contributed by atoms with Crippen LogP contribution in [-0.2, 0) is 4.74 Å². The maximum Gasteiger partial charge on any atom is 0.409 e. The second kappa shape index (κ2) is 9.55. The number of hydrogen-bond acceptors (Lipinski definition) is 6. The molecule has 150 valence electrons. The molecule has 0 bridgehead atoms.